The second-order valence-corrected chi connectivity index (χ2v) is 3.30. The van der Waals surface area contributed by atoms with Crippen LogP contribution in [0.2, 0.25) is 0 Å². The predicted octanol–water partition coefficient (Wildman–Crippen LogP) is 3.16. The summed E-state index contributed by atoms with van der Waals surface area (Å²) in [5, 5.41) is -0.935. The Hall–Kier alpha value is -0.550. The Bertz CT molecular complexity index is 345. The van der Waals surface area contributed by atoms with Crippen molar-refractivity contribution in [2.75, 3.05) is 0 Å². The smallest absolute Gasteiger partial charge is 0.276 e. The predicted molar refractivity (Wildman–Crippen MR) is 47.1 cm³/mol. The second-order valence-electron chi connectivity index (χ2n) is 2.14. The third-order valence-corrected chi connectivity index (χ3v) is 1.95. The van der Waals surface area contributed by atoms with E-state index in [2.05, 4.69) is 20.9 Å². The molecule has 6 heteroatoms. The SMILES string of the molecule is O=C(Cl)c1ccc(Br)nc1C(F)F. The molecular weight excluding hydrogens is 267 g/mol. The van der Waals surface area contributed by atoms with Crippen molar-refractivity contribution in [2.45, 2.75) is 6.43 Å². The van der Waals surface area contributed by atoms with Crippen molar-refractivity contribution in [1.82, 2.24) is 4.98 Å². The van der Waals surface area contributed by atoms with Crippen LogP contribution in [0.4, 0.5) is 8.78 Å². The maximum absolute atomic E-state index is 12.3. The van der Waals surface area contributed by atoms with E-state index < -0.39 is 17.4 Å². The second kappa shape index (κ2) is 4.11. The Morgan fingerprint density at radius 2 is 2.15 bits per heavy atom. The van der Waals surface area contributed by atoms with Gasteiger partial charge >= 0.3 is 0 Å². The lowest BCUT2D eigenvalue weighted by Gasteiger charge is -2.03. The van der Waals surface area contributed by atoms with Gasteiger partial charge in [-0.05, 0) is 39.7 Å². The van der Waals surface area contributed by atoms with Gasteiger partial charge in [-0.1, -0.05) is 0 Å². The van der Waals surface area contributed by atoms with Crippen molar-refractivity contribution in [3.05, 3.63) is 28.0 Å². The van der Waals surface area contributed by atoms with E-state index in [-0.39, 0.29) is 10.2 Å². The lowest BCUT2D eigenvalue weighted by molar-refractivity contribution is 0.106. The first kappa shape index (κ1) is 10.5. The number of halogens is 4. The van der Waals surface area contributed by atoms with E-state index in [1.54, 1.807) is 0 Å². The molecule has 0 N–H and O–H groups in total. The maximum Gasteiger partial charge on any atom is 0.281 e. The maximum atomic E-state index is 12.3. The van der Waals surface area contributed by atoms with Crippen molar-refractivity contribution in [3.63, 3.8) is 0 Å². The van der Waals surface area contributed by atoms with E-state index in [0.717, 1.165) is 0 Å². The van der Waals surface area contributed by atoms with E-state index in [0.29, 0.717) is 0 Å². The molecule has 0 bridgehead atoms. The van der Waals surface area contributed by atoms with Gasteiger partial charge in [0, 0.05) is 0 Å². The fraction of sp³-hybridized carbons (Fsp3) is 0.143. The number of aromatic nitrogens is 1. The lowest BCUT2D eigenvalue weighted by Crippen LogP contribution is -2.01. The van der Waals surface area contributed by atoms with Crippen LogP contribution in [-0.2, 0) is 0 Å². The van der Waals surface area contributed by atoms with Crippen LogP contribution in [0.1, 0.15) is 22.5 Å². The normalized spacial score (nSPS) is 10.5. The summed E-state index contributed by atoms with van der Waals surface area (Å²) in [6.45, 7) is 0. The van der Waals surface area contributed by atoms with Gasteiger partial charge in [0.25, 0.3) is 11.7 Å². The Morgan fingerprint density at radius 1 is 1.54 bits per heavy atom. The monoisotopic (exact) mass is 269 g/mol. The van der Waals surface area contributed by atoms with Gasteiger partial charge in [0.1, 0.15) is 10.3 Å². The molecule has 1 aromatic heterocycles. The van der Waals surface area contributed by atoms with Crippen LogP contribution < -0.4 is 0 Å². The van der Waals surface area contributed by atoms with Crippen LogP contribution in [0, 0.1) is 0 Å². The number of hydrogen-bond donors (Lipinski definition) is 0. The number of carbonyl (C=O) groups excluding carboxylic acids is 1. The van der Waals surface area contributed by atoms with E-state index in [1.807, 2.05) is 0 Å². The van der Waals surface area contributed by atoms with Crippen LogP contribution in [0.15, 0.2) is 16.7 Å². The summed E-state index contributed by atoms with van der Waals surface area (Å²) in [6, 6.07) is 2.58. The van der Waals surface area contributed by atoms with Gasteiger partial charge in [-0.2, -0.15) is 0 Å². The summed E-state index contributed by atoms with van der Waals surface area (Å²) >= 11 is 7.99. The molecule has 13 heavy (non-hydrogen) atoms. The van der Waals surface area contributed by atoms with Gasteiger partial charge in [0.05, 0.1) is 5.56 Å². The minimum absolute atomic E-state index is 0.240. The van der Waals surface area contributed by atoms with E-state index in [4.69, 9.17) is 11.6 Å². The molecule has 1 heterocycles. The van der Waals surface area contributed by atoms with Gasteiger partial charge in [-0.3, -0.25) is 4.79 Å². The van der Waals surface area contributed by atoms with Crippen molar-refractivity contribution < 1.29 is 13.6 Å². The summed E-state index contributed by atoms with van der Waals surface area (Å²) in [6.07, 6.45) is -2.81. The molecule has 0 aromatic carbocycles. The molecule has 0 aliphatic carbocycles. The number of hydrogen-bond acceptors (Lipinski definition) is 2. The third-order valence-electron chi connectivity index (χ3n) is 1.31. The molecule has 0 aliphatic heterocycles. The summed E-state index contributed by atoms with van der Waals surface area (Å²) in [7, 11) is 0. The molecule has 0 amide bonds. The van der Waals surface area contributed by atoms with Gasteiger partial charge in [-0.25, -0.2) is 13.8 Å². The average molecular weight is 270 g/mol. The van der Waals surface area contributed by atoms with E-state index in [1.165, 1.54) is 12.1 Å². The highest BCUT2D eigenvalue weighted by Gasteiger charge is 2.18. The van der Waals surface area contributed by atoms with Crippen molar-refractivity contribution in [3.8, 4) is 0 Å². The fourth-order valence-corrected chi connectivity index (χ4v) is 1.27. The molecule has 0 saturated carbocycles. The molecule has 0 unspecified atom stereocenters. The van der Waals surface area contributed by atoms with Crippen LogP contribution in [0.25, 0.3) is 0 Å². The standard InChI is InChI=1S/C7H3BrClF2NO/c8-4-2-1-3(6(9)13)5(12-4)7(10)11/h1-2,7H. The highest BCUT2D eigenvalue weighted by atomic mass is 79.9. The van der Waals surface area contributed by atoms with Crippen LogP contribution in [0.5, 0.6) is 0 Å². The zero-order valence-electron chi connectivity index (χ0n) is 6.10. The van der Waals surface area contributed by atoms with Crippen LogP contribution in [-0.4, -0.2) is 10.2 Å². The molecule has 0 spiro atoms. The van der Waals surface area contributed by atoms with Crippen LogP contribution in [0.3, 0.4) is 0 Å². The average Bonchev–Trinajstić information content (AvgIpc) is 2.03. The van der Waals surface area contributed by atoms with Crippen molar-refractivity contribution in [1.29, 1.82) is 0 Å². The highest BCUT2D eigenvalue weighted by molar-refractivity contribution is 9.10. The molecule has 70 valence electrons. The quantitative estimate of drug-likeness (QED) is 0.610. The van der Waals surface area contributed by atoms with Crippen LogP contribution >= 0.6 is 27.5 Å². The first-order valence-electron chi connectivity index (χ1n) is 3.17. The number of carbonyl (C=O) groups is 1. The van der Waals surface area contributed by atoms with E-state index in [9.17, 15) is 13.6 Å². The lowest BCUT2D eigenvalue weighted by atomic mass is 10.2. The number of alkyl halides is 2. The zero-order chi connectivity index (χ0) is 10.0. The highest BCUT2D eigenvalue weighted by Crippen LogP contribution is 2.23. The molecule has 0 radical (unpaired) electrons. The summed E-state index contributed by atoms with van der Waals surface area (Å²) < 4.78 is 24.8. The van der Waals surface area contributed by atoms with Crippen molar-refractivity contribution >= 4 is 32.8 Å². The molecule has 0 saturated heterocycles. The first-order valence-corrected chi connectivity index (χ1v) is 4.34. The van der Waals surface area contributed by atoms with Gasteiger partial charge in [0.2, 0.25) is 0 Å². The third kappa shape index (κ3) is 2.45. The first-order chi connectivity index (χ1) is 6.02. The topological polar surface area (TPSA) is 30.0 Å². The van der Waals surface area contributed by atoms with Gasteiger partial charge in [-0.15, -0.1) is 0 Å². The number of rotatable bonds is 2. The Balaban J connectivity index is 3.26. The molecular formula is C7H3BrClF2NO. The summed E-state index contributed by atoms with van der Waals surface area (Å²) in [5.74, 6) is 0. The minimum Gasteiger partial charge on any atom is -0.276 e. The Labute approximate surface area is 86.0 Å². The molecule has 2 nitrogen and oxygen atoms in total. The summed E-state index contributed by atoms with van der Waals surface area (Å²) in [5.41, 5.74) is -0.866. The molecule has 0 aliphatic rings. The molecule has 0 atom stereocenters. The molecule has 0 fully saturated rings. The number of nitrogens with zero attached hydrogens (tertiary/aromatic N) is 1. The number of pyridine rings is 1. The Morgan fingerprint density at radius 3 is 2.62 bits per heavy atom. The zero-order valence-corrected chi connectivity index (χ0v) is 8.44. The molecule has 1 rings (SSSR count). The minimum atomic E-state index is -2.81. The molecule has 1 aromatic rings. The summed E-state index contributed by atoms with van der Waals surface area (Å²) in [4.78, 5) is 14.1. The fourth-order valence-electron chi connectivity index (χ4n) is 0.783. The van der Waals surface area contributed by atoms with Gasteiger partial charge < -0.3 is 0 Å². The van der Waals surface area contributed by atoms with E-state index >= 15 is 0 Å². The largest absolute Gasteiger partial charge is 0.281 e. The Kier molecular flexibility index (Phi) is 3.33. The van der Waals surface area contributed by atoms with Crippen molar-refractivity contribution in [2.24, 2.45) is 0 Å². The van der Waals surface area contributed by atoms with Gasteiger partial charge in [0.15, 0.2) is 0 Å².